The minimum Gasteiger partial charge on any atom is -0.497 e. The van der Waals surface area contributed by atoms with E-state index in [0.717, 1.165) is 6.07 Å². The first kappa shape index (κ1) is 17.7. The highest BCUT2D eigenvalue weighted by atomic mass is 19.4. The normalized spacial score (nSPS) is 11.2. The van der Waals surface area contributed by atoms with Crippen molar-refractivity contribution in [2.45, 2.75) is 6.18 Å². The number of carbonyl (C=O) groups excluding carboxylic acids is 1. The Morgan fingerprint density at radius 1 is 1.00 bits per heavy atom. The van der Waals surface area contributed by atoms with Crippen LogP contribution in [0.3, 0.4) is 0 Å². The van der Waals surface area contributed by atoms with E-state index in [9.17, 15) is 18.0 Å². The maximum Gasteiger partial charge on any atom is 0.417 e. The zero-order chi connectivity index (χ0) is 18.7. The highest BCUT2D eigenvalue weighted by Crippen LogP contribution is 2.33. The third kappa shape index (κ3) is 3.59. The number of carbonyl (C=O) groups is 1. The minimum absolute atomic E-state index is 0.0330. The lowest BCUT2D eigenvalue weighted by Crippen LogP contribution is -2.11. The average Bonchev–Trinajstić information content (AvgIpc) is 2.67. The zero-order valence-corrected chi connectivity index (χ0v) is 13.7. The van der Waals surface area contributed by atoms with Gasteiger partial charge in [0.15, 0.2) is 0 Å². The molecule has 0 unspecified atom stereocenters. The molecule has 0 radical (unpaired) electrons. The highest BCUT2D eigenvalue weighted by Gasteiger charge is 2.32. The van der Waals surface area contributed by atoms with Gasteiger partial charge in [0, 0.05) is 17.3 Å². The van der Waals surface area contributed by atoms with Gasteiger partial charge >= 0.3 is 6.18 Å². The molecule has 3 rings (SSSR count). The fourth-order valence-electron chi connectivity index (χ4n) is 2.52. The van der Waals surface area contributed by atoms with Crippen LogP contribution in [0, 0.1) is 0 Å². The summed E-state index contributed by atoms with van der Waals surface area (Å²) in [4.78, 5) is 16.7. The first-order chi connectivity index (χ1) is 12.4. The van der Waals surface area contributed by atoms with E-state index in [1.165, 1.54) is 7.11 Å². The van der Waals surface area contributed by atoms with Gasteiger partial charge in [0.25, 0.3) is 0 Å². The third-order valence-electron chi connectivity index (χ3n) is 3.87. The van der Waals surface area contributed by atoms with Crippen LogP contribution in [0.25, 0.3) is 11.1 Å². The molecule has 3 aromatic rings. The molecule has 0 atom stereocenters. The number of nitrogens with zero attached hydrogens (tertiary/aromatic N) is 1. The number of hydrogen-bond acceptors (Lipinski definition) is 3. The van der Waals surface area contributed by atoms with Crippen LogP contribution in [0.4, 0.5) is 13.2 Å². The highest BCUT2D eigenvalue weighted by molar-refractivity contribution is 6.11. The summed E-state index contributed by atoms with van der Waals surface area (Å²) >= 11 is 0. The molecule has 2 aromatic carbocycles. The molecule has 0 bridgehead atoms. The first-order valence-electron chi connectivity index (χ1n) is 7.71. The number of ketones is 1. The second-order valence-corrected chi connectivity index (χ2v) is 5.54. The van der Waals surface area contributed by atoms with Crippen LogP contribution in [0.1, 0.15) is 21.6 Å². The first-order valence-corrected chi connectivity index (χ1v) is 7.71. The molecule has 0 aliphatic heterocycles. The molecule has 1 aromatic heterocycles. The third-order valence-corrected chi connectivity index (χ3v) is 3.87. The molecule has 6 heteroatoms. The van der Waals surface area contributed by atoms with E-state index in [1.54, 1.807) is 54.6 Å². The lowest BCUT2D eigenvalue weighted by atomic mass is 9.97. The largest absolute Gasteiger partial charge is 0.497 e. The molecular weight excluding hydrogens is 343 g/mol. The molecule has 3 nitrogen and oxygen atoms in total. The van der Waals surface area contributed by atoms with Crippen LogP contribution < -0.4 is 4.74 Å². The number of ether oxygens (including phenoxy) is 1. The molecule has 0 saturated carbocycles. The summed E-state index contributed by atoms with van der Waals surface area (Å²) in [5.41, 5.74) is 0.0106. The smallest absolute Gasteiger partial charge is 0.417 e. The summed E-state index contributed by atoms with van der Waals surface area (Å²) < 4.78 is 44.3. The second kappa shape index (κ2) is 7.00. The van der Waals surface area contributed by atoms with Crippen molar-refractivity contribution in [1.29, 1.82) is 0 Å². The number of aromatic nitrogens is 1. The molecule has 1 heterocycles. The zero-order valence-electron chi connectivity index (χ0n) is 13.7. The maximum absolute atomic E-state index is 13.1. The average molecular weight is 357 g/mol. The van der Waals surface area contributed by atoms with Gasteiger partial charge in [0.2, 0.25) is 5.78 Å². The van der Waals surface area contributed by atoms with Crippen molar-refractivity contribution in [3.63, 3.8) is 0 Å². The second-order valence-electron chi connectivity index (χ2n) is 5.54. The molecule has 26 heavy (non-hydrogen) atoms. The summed E-state index contributed by atoms with van der Waals surface area (Å²) in [5, 5.41) is 0. The fourth-order valence-corrected chi connectivity index (χ4v) is 2.52. The predicted molar refractivity (Wildman–Crippen MR) is 91.1 cm³/mol. The van der Waals surface area contributed by atoms with Crippen LogP contribution in [0.5, 0.6) is 5.75 Å². The Balaban J connectivity index is 2.12. The predicted octanol–water partition coefficient (Wildman–Crippen LogP) is 5.01. The number of halogens is 3. The summed E-state index contributed by atoms with van der Waals surface area (Å²) in [6.45, 7) is 0. The standard InChI is InChI=1S/C20H14F3NO2/c1-26-16-9-7-14(8-10-16)19(25)18-17(13-5-3-2-4-6-13)11-15(12-24-18)20(21,22)23/h2-12H,1H3. The van der Waals surface area contributed by atoms with E-state index >= 15 is 0 Å². The Kier molecular flexibility index (Phi) is 4.75. The lowest BCUT2D eigenvalue weighted by molar-refractivity contribution is -0.137. The molecule has 0 fully saturated rings. The van der Waals surface area contributed by atoms with Crippen LogP contribution in [-0.2, 0) is 6.18 Å². The van der Waals surface area contributed by atoms with E-state index < -0.39 is 17.5 Å². The molecule has 0 N–H and O–H groups in total. The Morgan fingerprint density at radius 2 is 1.65 bits per heavy atom. The van der Waals surface area contributed by atoms with Crippen LogP contribution in [0.2, 0.25) is 0 Å². The number of benzene rings is 2. The minimum atomic E-state index is -4.54. The van der Waals surface area contributed by atoms with Gasteiger partial charge in [0.05, 0.1) is 12.7 Å². The Hall–Kier alpha value is -3.15. The number of rotatable bonds is 4. The van der Waals surface area contributed by atoms with Crippen molar-refractivity contribution in [3.05, 3.63) is 83.7 Å². The van der Waals surface area contributed by atoms with E-state index in [4.69, 9.17) is 4.74 Å². The molecule has 132 valence electrons. The van der Waals surface area contributed by atoms with E-state index in [-0.39, 0.29) is 11.3 Å². The van der Waals surface area contributed by atoms with Gasteiger partial charge < -0.3 is 4.74 Å². The summed E-state index contributed by atoms with van der Waals surface area (Å²) in [7, 11) is 1.50. The molecule has 0 amide bonds. The lowest BCUT2D eigenvalue weighted by Gasteiger charge is -2.13. The Labute approximate surface area is 148 Å². The van der Waals surface area contributed by atoms with E-state index in [0.29, 0.717) is 23.1 Å². The maximum atomic E-state index is 13.1. The monoisotopic (exact) mass is 357 g/mol. The van der Waals surface area contributed by atoms with Crippen LogP contribution in [0.15, 0.2) is 66.9 Å². The Morgan fingerprint density at radius 3 is 2.23 bits per heavy atom. The molecule has 0 spiro atoms. The van der Waals surface area contributed by atoms with Gasteiger partial charge in [0.1, 0.15) is 11.4 Å². The summed E-state index contributed by atoms with van der Waals surface area (Å²) in [6.07, 6.45) is -3.86. The van der Waals surface area contributed by atoms with Crippen molar-refractivity contribution in [2.24, 2.45) is 0 Å². The van der Waals surface area contributed by atoms with Gasteiger partial charge in [-0.1, -0.05) is 30.3 Å². The van der Waals surface area contributed by atoms with Crippen molar-refractivity contribution in [1.82, 2.24) is 4.98 Å². The van der Waals surface area contributed by atoms with Crippen molar-refractivity contribution in [3.8, 4) is 16.9 Å². The molecule has 0 aliphatic rings. The number of hydrogen-bond donors (Lipinski definition) is 0. The van der Waals surface area contributed by atoms with E-state index in [1.807, 2.05) is 0 Å². The van der Waals surface area contributed by atoms with Crippen molar-refractivity contribution < 1.29 is 22.7 Å². The summed E-state index contributed by atoms with van der Waals surface area (Å²) in [6, 6.07) is 15.7. The summed E-state index contributed by atoms with van der Waals surface area (Å²) in [5.74, 6) is 0.116. The molecular formula is C20H14F3NO2. The number of alkyl halides is 3. The van der Waals surface area contributed by atoms with E-state index in [2.05, 4.69) is 4.98 Å². The van der Waals surface area contributed by atoms with Gasteiger partial charge in [-0.2, -0.15) is 13.2 Å². The Bertz CT molecular complexity index is 920. The van der Waals surface area contributed by atoms with Gasteiger partial charge in [-0.05, 0) is 35.9 Å². The molecule has 0 saturated heterocycles. The number of pyridine rings is 1. The number of methoxy groups -OCH3 is 1. The van der Waals surface area contributed by atoms with Crippen LogP contribution in [-0.4, -0.2) is 17.9 Å². The fraction of sp³-hybridized carbons (Fsp3) is 0.100. The van der Waals surface area contributed by atoms with Gasteiger partial charge in [-0.15, -0.1) is 0 Å². The van der Waals surface area contributed by atoms with Gasteiger partial charge in [-0.25, -0.2) is 0 Å². The molecule has 0 aliphatic carbocycles. The van der Waals surface area contributed by atoms with Crippen molar-refractivity contribution in [2.75, 3.05) is 7.11 Å². The SMILES string of the molecule is COc1ccc(C(=O)c2ncc(C(F)(F)F)cc2-c2ccccc2)cc1. The van der Waals surface area contributed by atoms with Crippen molar-refractivity contribution >= 4 is 5.78 Å². The quantitative estimate of drug-likeness (QED) is 0.617. The topological polar surface area (TPSA) is 39.2 Å². The van der Waals surface area contributed by atoms with Crippen LogP contribution >= 0.6 is 0 Å². The van der Waals surface area contributed by atoms with Gasteiger partial charge in [-0.3, -0.25) is 9.78 Å².